The van der Waals surface area contributed by atoms with E-state index in [0.29, 0.717) is 5.56 Å². The Hall–Kier alpha value is -1.44. The number of hydrogen-bond acceptors (Lipinski definition) is 5. The van der Waals surface area contributed by atoms with Gasteiger partial charge in [-0.2, -0.15) is 0 Å². The fraction of sp³-hybridized carbons (Fsp3) is 0.636. The maximum Gasteiger partial charge on any atom is 0.329 e. The first kappa shape index (κ1) is 13.0. The van der Waals surface area contributed by atoms with Crippen molar-refractivity contribution in [2.45, 2.75) is 31.6 Å². The maximum absolute atomic E-state index is 11.8. The van der Waals surface area contributed by atoms with E-state index in [1.54, 1.807) is 13.8 Å². The zero-order valence-corrected chi connectivity index (χ0v) is 10.2. The molecule has 1 aliphatic rings. The summed E-state index contributed by atoms with van der Waals surface area (Å²) < 4.78 is 6.51. The lowest BCUT2D eigenvalue weighted by Gasteiger charge is -2.29. The third kappa shape index (κ3) is 1.80. The highest BCUT2D eigenvalue weighted by atomic mass is 16.5. The summed E-state index contributed by atoms with van der Waals surface area (Å²) >= 11 is 0. The average Bonchev–Trinajstić information content (AvgIpc) is 2.61. The molecule has 3 unspecified atom stereocenters. The topological polar surface area (TPSA) is 105 Å². The fourth-order valence-electron chi connectivity index (χ4n) is 2.16. The summed E-state index contributed by atoms with van der Waals surface area (Å²) in [7, 11) is 0. The highest BCUT2D eigenvalue weighted by Crippen LogP contribution is 2.30. The van der Waals surface area contributed by atoms with E-state index in [1.165, 1.54) is 10.8 Å². The monoisotopic (exact) mass is 256 g/mol. The smallest absolute Gasteiger partial charge is 0.329 e. The number of aromatic amines is 1. The Kier molecular flexibility index (Phi) is 3.14. The van der Waals surface area contributed by atoms with E-state index < -0.39 is 29.0 Å². The molecular formula is C11H16N2O5. The van der Waals surface area contributed by atoms with Crippen molar-refractivity contribution in [2.24, 2.45) is 0 Å². The lowest BCUT2D eigenvalue weighted by Crippen LogP contribution is -2.51. The molecule has 18 heavy (non-hydrogen) atoms. The van der Waals surface area contributed by atoms with Crippen LogP contribution in [0.5, 0.6) is 0 Å². The van der Waals surface area contributed by atoms with Crippen LogP contribution in [0.1, 0.15) is 12.5 Å². The fourth-order valence-corrected chi connectivity index (χ4v) is 2.16. The Bertz CT molecular complexity index is 563. The largest absolute Gasteiger partial charge is 0.394 e. The summed E-state index contributed by atoms with van der Waals surface area (Å²) in [6.45, 7) is 2.98. The third-order valence-electron chi connectivity index (χ3n) is 3.43. The highest BCUT2D eigenvalue weighted by molar-refractivity contribution is 5.07. The number of aliphatic hydroxyl groups excluding tert-OH is 2. The second-order valence-corrected chi connectivity index (χ2v) is 4.78. The molecule has 7 heteroatoms. The molecule has 2 heterocycles. The zero-order chi connectivity index (χ0) is 13.5. The second kappa shape index (κ2) is 4.34. The molecule has 1 saturated heterocycles. The van der Waals surface area contributed by atoms with E-state index in [2.05, 4.69) is 4.98 Å². The van der Waals surface area contributed by atoms with Crippen LogP contribution in [0.15, 0.2) is 15.8 Å². The Balaban J connectivity index is 2.52. The molecule has 3 N–H and O–H groups in total. The lowest BCUT2D eigenvalue weighted by atomic mass is 9.94. The number of rotatable bonds is 2. The van der Waals surface area contributed by atoms with Gasteiger partial charge in [-0.05, 0) is 13.8 Å². The molecule has 0 spiro atoms. The van der Waals surface area contributed by atoms with Gasteiger partial charge in [0.1, 0.15) is 12.2 Å². The number of hydrogen-bond donors (Lipinski definition) is 3. The molecule has 1 aromatic heterocycles. The number of ether oxygens (including phenoxy) is 1. The lowest BCUT2D eigenvalue weighted by molar-refractivity contribution is -0.00354. The van der Waals surface area contributed by atoms with E-state index in [1.807, 2.05) is 0 Å². The van der Waals surface area contributed by atoms with E-state index in [9.17, 15) is 14.7 Å². The Morgan fingerprint density at radius 3 is 2.83 bits per heavy atom. The van der Waals surface area contributed by atoms with Gasteiger partial charge in [0.15, 0.2) is 0 Å². The standard InChI is InChI=1S/C11H16N2O5/c1-6-3-13(10(17)12-9(6)16)11(2)5-18-7(4-14)8(11)15/h3,7-8,14-15H,4-5H2,1-2H3,(H,12,16,17). The Morgan fingerprint density at radius 1 is 1.61 bits per heavy atom. The minimum absolute atomic E-state index is 0.0881. The molecule has 0 saturated carbocycles. The summed E-state index contributed by atoms with van der Waals surface area (Å²) in [4.78, 5) is 25.3. The molecule has 0 bridgehead atoms. The van der Waals surface area contributed by atoms with Crippen molar-refractivity contribution in [1.82, 2.24) is 9.55 Å². The van der Waals surface area contributed by atoms with Crippen LogP contribution >= 0.6 is 0 Å². The number of H-pyrrole nitrogens is 1. The van der Waals surface area contributed by atoms with E-state index in [4.69, 9.17) is 9.84 Å². The van der Waals surface area contributed by atoms with Crippen LogP contribution in [0.3, 0.4) is 0 Å². The van der Waals surface area contributed by atoms with Crippen LogP contribution in [-0.2, 0) is 10.3 Å². The first-order valence-corrected chi connectivity index (χ1v) is 5.63. The average molecular weight is 256 g/mol. The van der Waals surface area contributed by atoms with Crippen molar-refractivity contribution < 1.29 is 14.9 Å². The normalized spacial score (nSPS) is 31.8. The van der Waals surface area contributed by atoms with Gasteiger partial charge >= 0.3 is 5.69 Å². The van der Waals surface area contributed by atoms with Crippen molar-refractivity contribution in [3.8, 4) is 0 Å². The molecule has 3 atom stereocenters. The van der Waals surface area contributed by atoms with Crippen LogP contribution in [-0.4, -0.2) is 45.2 Å². The summed E-state index contributed by atoms with van der Waals surface area (Å²) in [5.41, 5.74) is -1.68. The van der Waals surface area contributed by atoms with Gasteiger partial charge in [-0.25, -0.2) is 4.79 Å². The van der Waals surface area contributed by atoms with Crippen LogP contribution in [0, 0.1) is 6.92 Å². The van der Waals surface area contributed by atoms with Crippen LogP contribution < -0.4 is 11.2 Å². The Labute approximate surface area is 103 Å². The number of aryl methyl sites for hydroxylation is 1. The van der Waals surface area contributed by atoms with Crippen LogP contribution in [0.2, 0.25) is 0 Å². The summed E-state index contributed by atoms with van der Waals surface area (Å²) in [6.07, 6.45) is -0.354. The number of nitrogens with zero attached hydrogens (tertiary/aromatic N) is 1. The molecule has 2 rings (SSSR count). The summed E-state index contributed by atoms with van der Waals surface area (Å²) in [5.74, 6) is 0. The molecule has 1 fully saturated rings. The molecule has 7 nitrogen and oxygen atoms in total. The first-order valence-electron chi connectivity index (χ1n) is 5.63. The minimum Gasteiger partial charge on any atom is -0.394 e. The summed E-state index contributed by atoms with van der Waals surface area (Å²) in [6, 6.07) is 0. The van der Waals surface area contributed by atoms with E-state index in [0.717, 1.165) is 0 Å². The summed E-state index contributed by atoms with van der Waals surface area (Å²) in [5, 5.41) is 19.2. The second-order valence-electron chi connectivity index (χ2n) is 4.78. The minimum atomic E-state index is -1.02. The Morgan fingerprint density at radius 2 is 2.28 bits per heavy atom. The predicted octanol–water partition coefficient (Wildman–Crippen LogP) is -1.69. The molecular weight excluding hydrogens is 240 g/mol. The molecule has 0 amide bonds. The molecule has 0 radical (unpaired) electrons. The van der Waals surface area contributed by atoms with Crippen molar-refractivity contribution in [2.75, 3.05) is 13.2 Å². The van der Waals surface area contributed by atoms with Gasteiger partial charge in [-0.1, -0.05) is 0 Å². The van der Waals surface area contributed by atoms with Crippen molar-refractivity contribution in [3.63, 3.8) is 0 Å². The molecule has 1 aliphatic heterocycles. The number of aromatic nitrogens is 2. The SMILES string of the molecule is Cc1cn(C2(C)COC(CO)C2O)c(=O)[nH]c1=O. The van der Waals surface area contributed by atoms with Crippen molar-refractivity contribution in [3.05, 3.63) is 32.6 Å². The molecule has 0 aromatic carbocycles. The predicted molar refractivity (Wildman–Crippen MR) is 62.5 cm³/mol. The number of aliphatic hydroxyl groups is 2. The third-order valence-corrected chi connectivity index (χ3v) is 3.43. The van der Waals surface area contributed by atoms with E-state index in [-0.39, 0.29) is 13.2 Å². The van der Waals surface area contributed by atoms with Gasteiger partial charge in [0.05, 0.1) is 18.8 Å². The molecule has 1 aromatic rings. The van der Waals surface area contributed by atoms with Crippen molar-refractivity contribution >= 4 is 0 Å². The quantitative estimate of drug-likeness (QED) is 0.586. The van der Waals surface area contributed by atoms with Gasteiger partial charge in [0, 0.05) is 11.8 Å². The zero-order valence-electron chi connectivity index (χ0n) is 10.2. The van der Waals surface area contributed by atoms with E-state index >= 15 is 0 Å². The van der Waals surface area contributed by atoms with Gasteiger partial charge in [0.2, 0.25) is 0 Å². The molecule has 100 valence electrons. The van der Waals surface area contributed by atoms with Crippen LogP contribution in [0.25, 0.3) is 0 Å². The first-order chi connectivity index (χ1) is 8.40. The maximum atomic E-state index is 11.8. The molecule has 0 aliphatic carbocycles. The van der Waals surface area contributed by atoms with Gasteiger partial charge in [0.25, 0.3) is 5.56 Å². The van der Waals surface area contributed by atoms with Crippen LogP contribution in [0.4, 0.5) is 0 Å². The van der Waals surface area contributed by atoms with Gasteiger partial charge < -0.3 is 14.9 Å². The van der Waals surface area contributed by atoms with Crippen molar-refractivity contribution in [1.29, 1.82) is 0 Å². The van der Waals surface area contributed by atoms with Gasteiger partial charge in [-0.15, -0.1) is 0 Å². The highest BCUT2D eigenvalue weighted by Gasteiger charge is 2.47. The van der Waals surface area contributed by atoms with Gasteiger partial charge in [-0.3, -0.25) is 14.3 Å². The number of nitrogens with one attached hydrogen (secondary N) is 1.